The predicted octanol–water partition coefficient (Wildman–Crippen LogP) is 7.65. The molecule has 1 atom stereocenters. The van der Waals surface area contributed by atoms with Gasteiger partial charge in [-0.1, -0.05) is 23.7 Å². The molecule has 3 aromatic rings. The normalized spacial score (nSPS) is 13.4. The van der Waals surface area contributed by atoms with E-state index in [1.807, 2.05) is 5.32 Å². The van der Waals surface area contributed by atoms with Crippen LogP contribution in [-0.4, -0.2) is 38.3 Å². The summed E-state index contributed by atoms with van der Waals surface area (Å²) in [5.74, 6) is -1.16. The molecule has 0 aliphatic heterocycles. The van der Waals surface area contributed by atoms with E-state index in [9.17, 15) is 41.0 Å². The molecule has 2 amide bonds. The Kier molecular flexibility index (Phi) is 8.21. The van der Waals surface area contributed by atoms with Crippen LogP contribution in [0.1, 0.15) is 60.9 Å². The van der Waals surface area contributed by atoms with Gasteiger partial charge in [-0.2, -0.15) is 26.3 Å². The molecule has 2 aromatic carbocycles. The Morgan fingerprint density at radius 3 is 2.21 bits per heavy atom. The highest BCUT2D eigenvalue weighted by Crippen LogP contribution is 2.37. The van der Waals surface area contributed by atoms with Crippen LogP contribution in [0.3, 0.4) is 0 Å². The van der Waals surface area contributed by atoms with Gasteiger partial charge in [0.15, 0.2) is 6.04 Å². The van der Waals surface area contributed by atoms with E-state index in [1.54, 1.807) is 33.8 Å². The summed E-state index contributed by atoms with van der Waals surface area (Å²) in [6.07, 6.45) is -11.1. The van der Waals surface area contributed by atoms with Crippen molar-refractivity contribution in [3.8, 4) is 0 Å². The number of aromatic nitrogens is 1. The van der Waals surface area contributed by atoms with E-state index in [0.717, 1.165) is 17.0 Å². The average molecular weight is 578 g/mol. The molecule has 0 bridgehead atoms. The molecule has 39 heavy (non-hydrogen) atoms. The van der Waals surface area contributed by atoms with Gasteiger partial charge in [0.05, 0.1) is 17.6 Å². The molecule has 0 saturated heterocycles. The van der Waals surface area contributed by atoms with Gasteiger partial charge >= 0.3 is 18.4 Å². The van der Waals surface area contributed by atoms with Gasteiger partial charge in [-0.25, -0.2) is 4.79 Å². The minimum absolute atomic E-state index is 0.0852. The lowest BCUT2D eigenvalue weighted by molar-refractivity contribution is -0.156. The van der Waals surface area contributed by atoms with Gasteiger partial charge in [-0.3, -0.25) is 9.69 Å². The zero-order valence-electron chi connectivity index (χ0n) is 21.3. The maximum Gasteiger partial charge on any atom is 0.416 e. The molecular formula is C26H26ClF6N3O3. The van der Waals surface area contributed by atoms with E-state index in [-0.39, 0.29) is 23.8 Å². The minimum atomic E-state index is -5.09. The van der Waals surface area contributed by atoms with E-state index < -0.39 is 47.1 Å². The molecule has 13 heteroatoms. The molecule has 0 fully saturated rings. The number of benzene rings is 2. The summed E-state index contributed by atoms with van der Waals surface area (Å²) >= 11 is 6.42. The Morgan fingerprint density at radius 2 is 1.69 bits per heavy atom. The molecule has 1 aromatic heterocycles. The Bertz CT molecular complexity index is 1390. The molecule has 0 radical (unpaired) electrons. The van der Waals surface area contributed by atoms with Crippen molar-refractivity contribution in [3.05, 3.63) is 69.9 Å². The highest BCUT2D eigenvalue weighted by atomic mass is 35.5. The SMILES string of the molecule is CCn1c(C(=O)NC(c2cccc(C(F)(F)F)c2)C(F)(F)F)cc2cc(CN(C(=O)O)C(C)(C)C)c(Cl)cc21. The van der Waals surface area contributed by atoms with Gasteiger partial charge in [0.1, 0.15) is 5.69 Å². The number of hydrogen-bond donors (Lipinski definition) is 2. The van der Waals surface area contributed by atoms with Crippen LogP contribution in [0.5, 0.6) is 0 Å². The number of fused-ring (bicyclic) bond motifs is 1. The van der Waals surface area contributed by atoms with Crippen LogP contribution >= 0.6 is 11.6 Å². The summed E-state index contributed by atoms with van der Waals surface area (Å²) in [5.41, 5.74) is -2.16. The van der Waals surface area contributed by atoms with Gasteiger partial charge in [-0.15, -0.1) is 0 Å². The molecule has 0 aliphatic carbocycles. The number of alkyl halides is 6. The summed E-state index contributed by atoms with van der Waals surface area (Å²) in [5, 5.41) is 12.0. The Labute approximate surface area is 225 Å². The van der Waals surface area contributed by atoms with E-state index in [1.165, 1.54) is 16.7 Å². The zero-order chi connectivity index (χ0) is 29.5. The maximum absolute atomic E-state index is 13.9. The highest BCUT2D eigenvalue weighted by molar-refractivity contribution is 6.32. The predicted molar refractivity (Wildman–Crippen MR) is 134 cm³/mol. The first-order chi connectivity index (χ1) is 17.8. The number of rotatable bonds is 6. The lowest BCUT2D eigenvalue weighted by atomic mass is 10.0. The largest absolute Gasteiger partial charge is 0.465 e. The second-order valence-electron chi connectivity index (χ2n) is 9.89. The first-order valence-corrected chi connectivity index (χ1v) is 12.1. The second-order valence-corrected chi connectivity index (χ2v) is 10.3. The summed E-state index contributed by atoms with van der Waals surface area (Å²) < 4.78 is 82.5. The zero-order valence-corrected chi connectivity index (χ0v) is 22.1. The van der Waals surface area contributed by atoms with Crippen LogP contribution in [0.15, 0.2) is 42.5 Å². The van der Waals surface area contributed by atoms with Gasteiger partial charge in [0.2, 0.25) is 0 Å². The molecule has 1 heterocycles. The van der Waals surface area contributed by atoms with Crippen molar-refractivity contribution in [2.45, 2.75) is 64.7 Å². The molecule has 1 unspecified atom stereocenters. The van der Waals surface area contributed by atoms with Gasteiger partial charge in [-0.05, 0) is 69.2 Å². The molecule has 212 valence electrons. The topological polar surface area (TPSA) is 74.6 Å². The Balaban J connectivity index is 2.03. The van der Waals surface area contributed by atoms with Crippen LogP contribution in [-0.2, 0) is 19.3 Å². The Hall–Kier alpha value is -3.41. The first-order valence-electron chi connectivity index (χ1n) is 11.7. The van der Waals surface area contributed by atoms with Gasteiger partial charge in [0.25, 0.3) is 5.91 Å². The molecule has 0 aliphatic rings. The monoisotopic (exact) mass is 577 g/mol. The van der Waals surface area contributed by atoms with E-state index in [4.69, 9.17) is 11.6 Å². The summed E-state index contributed by atoms with van der Waals surface area (Å²) in [6.45, 7) is 6.82. The van der Waals surface area contributed by atoms with Gasteiger partial charge in [0, 0.05) is 22.5 Å². The standard InChI is InChI=1S/C26H26ClF6N3O3/c1-5-35-19-12-18(27)16(13-36(23(38)39)24(2,3)4)9-15(19)11-20(35)22(37)34-21(26(31,32)33)14-7-6-8-17(10-14)25(28,29)30/h6-12,21H,5,13H2,1-4H3,(H,34,37)(H,38,39). The number of halogens is 7. The van der Waals surface area contributed by atoms with Crippen LogP contribution in [0, 0.1) is 0 Å². The molecule has 6 nitrogen and oxygen atoms in total. The summed E-state index contributed by atoms with van der Waals surface area (Å²) in [7, 11) is 0. The summed E-state index contributed by atoms with van der Waals surface area (Å²) in [4.78, 5) is 26.0. The van der Waals surface area contributed by atoms with E-state index in [2.05, 4.69) is 0 Å². The number of hydrogen-bond acceptors (Lipinski definition) is 2. The fraction of sp³-hybridized carbons (Fsp3) is 0.385. The van der Waals surface area contributed by atoms with Crippen molar-refractivity contribution in [2.24, 2.45) is 0 Å². The van der Waals surface area contributed by atoms with Crippen LogP contribution in [0.4, 0.5) is 31.1 Å². The van der Waals surface area contributed by atoms with E-state index in [0.29, 0.717) is 28.6 Å². The quantitative estimate of drug-likeness (QED) is 0.296. The average Bonchev–Trinajstić information content (AvgIpc) is 3.15. The molecule has 0 spiro atoms. The van der Waals surface area contributed by atoms with E-state index >= 15 is 0 Å². The highest BCUT2D eigenvalue weighted by Gasteiger charge is 2.43. The number of carbonyl (C=O) groups is 2. The van der Waals surface area contributed by atoms with Crippen molar-refractivity contribution in [3.63, 3.8) is 0 Å². The number of aryl methyl sites for hydroxylation is 1. The van der Waals surface area contributed by atoms with Crippen LogP contribution in [0.2, 0.25) is 5.02 Å². The third-order valence-corrected chi connectivity index (χ3v) is 6.49. The smallest absolute Gasteiger partial charge is 0.416 e. The first kappa shape index (κ1) is 30.1. The van der Waals surface area contributed by atoms with Crippen molar-refractivity contribution in [1.82, 2.24) is 14.8 Å². The number of carbonyl (C=O) groups excluding carboxylic acids is 1. The number of nitrogens with one attached hydrogen (secondary N) is 1. The van der Waals surface area contributed by atoms with Crippen LogP contribution in [0.25, 0.3) is 10.9 Å². The van der Waals surface area contributed by atoms with Crippen molar-refractivity contribution in [1.29, 1.82) is 0 Å². The maximum atomic E-state index is 13.9. The van der Waals surface area contributed by atoms with Crippen molar-refractivity contribution in [2.75, 3.05) is 0 Å². The van der Waals surface area contributed by atoms with Crippen molar-refractivity contribution < 1.29 is 41.0 Å². The second kappa shape index (κ2) is 10.6. The molecule has 0 saturated carbocycles. The number of carboxylic acid groups (broad SMARTS) is 1. The van der Waals surface area contributed by atoms with Crippen molar-refractivity contribution >= 4 is 34.5 Å². The molecule has 3 rings (SSSR count). The lowest BCUT2D eigenvalue weighted by Crippen LogP contribution is -2.44. The third-order valence-electron chi connectivity index (χ3n) is 6.14. The number of nitrogens with zero attached hydrogens (tertiary/aromatic N) is 2. The fourth-order valence-electron chi connectivity index (χ4n) is 4.20. The lowest BCUT2D eigenvalue weighted by Gasteiger charge is -2.33. The fourth-order valence-corrected chi connectivity index (χ4v) is 4.41. The van der Waals surface area contributed by atoms with Gasteiger partial charge < -0.3 is 15.0 Å². The Morgan fingerprint density at radius 1 is 1.05 bits per heavy atom. The number of amides is 2. The minimum Gasteiger partial charge on any atom is -0.465 e. The molecular weight excluding hydrogens is 552 g/mol. The third kappa shape index (κ3) is 6.60. The molecule has 2 N–H and O–H groups in total. The van der Waals surface area contributed by atoms with Crippen LogP contribution < -0.4 is 5.32 Å². The summed E-state index contributed by atoms with van der Waals surface area (Å²) in [6, 6.07) is 4.36.